The van der Waals surface area contributed by atoms with Crippen molar-refractivity contribution in [2.75, 3.05) is 20.2 Å². The first-order valence-electron chi connectivity index (χ1n) is 10.5. The van der Waals surface area contributed by atoms with Crippen LogP contribution in [0.25, 0.3) is 11.0 Å². The number of nitrogens with one attached hydrogen (secondary N) is 2. The molecule has 1 aliphatic heterocycles. The van der Waals surface area contributed by atoms with Gasteiger partial charge in [0.25, 0.3) is 5.91 Å². The molecule has 0 radical (unpaired) electrons. The largest absolute Gasteiger partial charge is 0.497 e. The third-order valence-corrected chi connectivity index (χ3v) is 5.48. The third kappa shape index (κ3) is 4.72. The van der Waals surface area contributed by atoms with Crippen LogP contribution in [0, 0.1) is 0 Å². The SMILES string of the molecule is COc1ccc(CCN2C(=O)N[C@@H](CC(=O)NCCn3cnc4ccccc43)C2=O)cc1. The molecule has 9 nitrogen and oxygen atoms in total. The molecule has 0 unspecified atom stereocenters. The topological polar surface area (TPSA) is 106 Å². The summed E-state index contributed by atoms with van der Waals surface area (Å²) in [4.78, 5) is 42.6. The van der Waals surface area contributed by atoms with Crippen molar-refractivity contribution in [3.8, 4) is 5.75 Å². The lowest BCUT2D eigenvalue weighted by atomic mass is 10.1. The number of carbonyl (C=O) groups excluding carboxylic acids is 3. The van der Waals surface area contributed by atoms with E-state index in [1.54, 1.807) is 13.4 Å². The van der Waals surface area contributed by atoms with Gasteiger partial charge in [0.2, 0.25) is 5.91 Å². The van der Waals surface area contributed by atoms with E-state index in [4.69, 9.17) is 4.74 Å². The Balaban J connectivity index is 1.24. The molecule has 0 bridgehead atoms. The molecule has 1 aliphatic rings. The monoisotopic (exact) mass is 435 g/mol. The summed E-state index contributed by atoms with van der Waals surface area (Å²) in [5.74, 6) is 0.0837. The van der Waals surface area contributed by atoms with Gasteiger partial charge in [-0.1, -0.05) is 24.3 Å². The van der Waals surface area contributed by atoms with E-state index in [1.165, 1.54) is 4.90 Å². The predicted molar refractivity (Wildman–Crippen MR) is 118 cm³/mol. The standard InChI is InChI=1S/C23H25N5O4/c1-32-17-8-6-16(7-9-17)10-12-28-22(30)19(26-23(28)31)14-21(29)24-11-13-27-15-25-18-4-2-3-5-20(18)27/h2-9,15,19H,10-14H2,1H3,(H,24,29)(H,26,31)/t19-/m0/s1. The van der Waals surface area contributed by atoms with Crippen LogP contribution in [0.15, 0.2) is 54.9 Å². The summed E-state index contributed by atoms with van der Waals surface area (Å²) in [7, 11) is 1.60. The van der Waals surface area contributed by atoms with E-state index in [0.717, 1.165) is 22.3 Å². The number of carbonyl (C=O) groups is 3. The summed E-state index contributed by atoms with van der Waals surface area (Å²) in [5.41, 5.74) is 2.87. The van der Waals surface area contributed by atoms with Gasteiger partial charge in [-0.15, -0.1) is 0 Å². The van der Waals surface area contributed by atoms with Gasteiger partial charge in [-0.25, -0.2) is 9.78 Å². The van der Waals surface area contributed by atoms with Crippen molar-refractivity contribution < 1.29 is 19.1 Å². The number of aromatic nitrogens is 2. The Bertz CT molecular complexity index is 1120. The molecule has 4 rings (SSSR count). The van der Waals surface area contributed by atoms with Crippen molar-refractivity contribution in [1.29, 1.82) is 0 Å². The lowest BCUT2D eigenvalue weighted by Gasteiger charge is -2.13. The maximum atomic E-state index is 12.6. The van der Waals surface area contributed by atoms with Crippen molar-refractivity contribution in [3.63, 3.8) is 0 Å². The second-order valence-corrected chi connectivity index (χ2v) is 7.57. The molecule has 0 saturated carbocycles. The molecule has 1 saturated heterocycles. The molecule has 1 aromatic heterocycles. The summed E-state index contributed by atoms with van der Waals surface area (Å²) < 4.78 is 7.09. The smallest absolute Gasteiger partial charge is 0.324 e. The van der Waals surface area contributed by atoms with Crippen molar-refractivity contribution in [1.82, 2.24) is 25.1 Å². The number of hydrogen-bond donors (Lipinski definition) is 2. The number of amides is 4. The zero-order valence-corrected chi connectivity index (χ0v) is 17.8. The van der Waals surface area contributed by atoms with E-state index in [1.807, 2.05) is 53.1 Å². The average molecular weight is 435 g/mol. The third-order valence-electron chi connectivity index (χ3n) is 5.48. The molecule has 32 heavy (non-hydrogen) atoms. The normalized spacial score (nSPS) is 15.8. The van der Waals surface area contributed by atoms with E-state index in [2.05, 4.69) is 15.6 Å². The van der Waals surface area contributed by atoms with Crippen LogP contribution >= 0.6 is 0 Å². The lowest BCUT2D eigenvalue weighted by molar-refractivity contribution is -0.130. The highest BCUT2D eigenvalue weighted by atomic mass is 16.5. The quantitative estimate of drug-likeness (QED) is 0.498. The first-order valence-corrected chi connectivity index (χ1v) is 10.5. The summed E-state index contributed by atoms with van der Waals surface area (Å²) in [6.45, 7) is 1.21. The van der Waals surface area contributed by atoms with Gasteiger partial charge in [0, 0.05) is 19.6 Å². The molecular formula is C23H25N5O4. The minimum atomic E-state index is -0.840. The molecule has 9 heteroatoms. The molecule has 0 spiro atoms. The number of fused-ring (bicyclic) bond motifs is 1. The molecule has 2 aromatic carbocycles. The van der Waals surface area contributed by atoms with E-state index < -0.39 is 12.1 Å². The highest BCUT2D eigenvalue weighted by molar-refractivity contribution is 6.05. The maximum Gasteiger partial charge on any atom is 0.324 e. The number of nitrogens with zero attached hydrogens (tertiary/aromatic N) is 3. The van der Waals surface area contributed by atoms with Crippen molar-refractivity contribution >= 4 is 28.9 Å². The van der Waals surface area contributed by atoms with Crippen molar-refractivity contribution in [3.05, 3.63) is 60.4 Å². The van der Waals surface area contributed by atoms with Crippen LogP contribution in [-0.4, -0.2) is 58.5 Å². The number of imide groups is 1. The molecule has 2 N–H and O–H groups in total. The highest BCUT2D eigenvalue weighted by Gasteiger charge is 2.38. The van der Waals surface area contributed by atoms with E-state index in [9.17, 15) is 14.4 Å². The second-order valence-electron chi connectivity index (χ2n) is 7.57. The second kappa shape index (κ2) is 9.51. The Kier molecular flexibility index (Phi) is 6.34. The van der Waals surface area contributed by atoms with Crippen LogP contribution in [-0.2, 0) is 22.6 Å². The van der Waals surface area contributed by atoms with Crippen LogP contribution in [0.3, 0.4) is 0 Å². The van der Waals surface area contributed by atoms with Gasteiger partial charge in [-0.3, -0.25) is 14.5 Å². The van der Waals surface area contributed by atoms with Gasteiger partial charge in [-0.2, -0.15) is 0 Å². The lowest BCUT2D eigenvalue weighted by Crippen LogP contribution is -2.37. The summed E-state index contributed by atoms with van der Waals surface area (Å²) >= 11 is 0. The Labute approximate surface area is 185 Å². The average Bonchev–Trinajstić information content (AvgIpc) is 3.33. The summed E-state index contributed by atoms with van der Waals surface area (Å²) in [5, 5.41) is 5.42. The highest BCUT2D eigenvalue weighted by Crippen LogP contribution is 2.15. The van der Waals surface area contributed by atoms with Crippen LogP contribution in [0.2, 0.25) is 0 Å². The molecular weight excluding hydrogens is 410 g/mol. The maximum absolute atomic E-state index is 12.6. The number of hydrogen-bond acceptors (Lipinski definition) is 5. The molecule has 0 aliphatic carbocycles. The van der Waals surface area contributed by atoms with Gasteiger partial charge in [0.1, 0.15) is 11.8 Å². The van der Waals surface area contributed by atoms with Gasteiger partial charge >= 0.3 is 6.03 Å². The number of ether oxygens (including phenoxy) is 1. The number of para-hydroxylation sites is 2. The minimum Gasteiger partial charge on any atom is -0.497 e. The molecule has 3 aromatic rings. The zero-order chi connectivity index (χ0) is 22.5. The fraction of sp³-hybridized carbons (Fsp3) is 0.304. The van der Waals surface area contributed by atoms with Crippen LogP contribution < -0.4 is 15.4 Å². The van der Waals surface area contributed by atoms with E-state index in [-0.39, 0.29) is 24.8 Å². The number of methoxy groups -OCH3 is 1. The van der Waals surface area contributed by atoms with Gasteiger partial charge < -0.3 is 19.9 Å². The fourth-order valence-electron chi connectivity index (χ4n) is 3.72. The first-order chi connectivity index (χ1) is 15.5. The fourth-order valence-corrected chi connectivity index (χ4v) is 3.72. The molecule has 4 amide bonds. The zero-order valence-electron chi connectivity index (χ0n) is 17.8. The van der Waals surface area contributed by atoms with E-state index in [0.29, 0.717) is 19.5 Å². The van der Waals surface area contributed by atoms with Crippen molar-refractivity contribution in [2.24, 2.45) is 0 Å². The van der Waals surface area contributed by atoms with Crippen LogP contribution in [0.4, 0.5) is 4.79 Å². The van der Waals surface area contributed by atoms with E-state index >= 15 is 0 Å². The molecule has 1 atom stereocenters. The number of rotatable bonds is 9. The van der Waals surface area contributed by atoms with Gasteiger partial charge in [-0.05, 0) is 36.2 Å². The Morgan fingerprint density at radius 2 is 1.91 bits per heavy atom. The number of benzene rings is 2. The van der Waals surface area contributed by atoms with Crippen LogP contribution in [0.5, 0.6) is 5.75 Å². The van der Waals surface area contributed by atoms with Gasteiger partial charge in [0.05, 0.1) is 30.9 Å². The predicted octanol–water partition coefficient (Wildman–Crippen LogP) is 1.71. The van der Waals surface area contributed by atoms with Gasteiger partial charge in [0.15, 0.2) is 0 Å². The van der Waals surface area contributed by atoms with Crippen LogP contribution in [0.1, 0.15) is 12.0 Å². The first kappa shape index (κ1) is 21.4. The Morgan fingerprint density at radius 3 is 2.69 bits per heavy atom. The Hall–Kier alpha value is -3.88. The summed E-state index contributed by atoms with van der Waals surface area (Å²) in [6, 6.07) is 13.9. The van der Waals surface area contributed by atoms with Crippen molar-refractivity contribution in [2.45, 2.75) is 25.4 Å². The molecule has 2 heterocycles. The molecule has 166 valence electrons. The summed E-state index contributed by atoms with van der Waals surface area (Å²) in [6.07, 6.45) is 2.17. The molecule has 1 fully saturated rings. The Morgan fingerprint density at radius 1 is 1.12 bits per heavy atom. The number of urea groups is 1. The minimum absolute atomic E-state index is 0.0890. The number of imidazole rings is 1.